The van der Waals surface area contributed by atoms with E-state index in [2.05, 4.69) is 47.0 Å². The van der Waals surface area contributed by atoms with E-state index in [1.807, 2.05) is 12.3 Å². The molecule has 0 aromatic carbocycles. The Hall–Kier alpha value is 0.01000. The molecule has 0 amide bonds. The maximum atomic E-state index is 3.26. The molecule has 1 rings (SSSR count). The lowest BCUT2D eigenvalue weighted by Gasteiger charge is -2.24. The highest BCUT2D eigenvalue weighted by atomic mass is 127. The number of halogens is 1. The first-order chi connectivity index (χ1) is 4.27. The van der Waals surface area contributed by atoms with Gasteiger partial charge in [-0.15, -0.1) is 0 Å². The SMILES string of the molecule is CCC1(I)C=CC=CN1. The second kappa shape index (κ2) is 2.73. The number of hydrogen-bond acceptors (Lipinski definition) is 1. The summed E-state index contributed by atoms with van der Waals surface area (Å²) in [5.74, 6) is 0. The van der Waals surface area contributed by atoms with Crippen LogP contribution < -0.4 is 5.32 Å². The van der Waals surface area contributed by atoms with E-state index in [0.29, 0.717) is 0 Å². The predicted molar refractivity (Wildman–Crippen MR) is 48.5 cm³/mol. The smallest absolute Gasteiger partial charge is 0.107 e. The van der Waals surface area contributed by atoms with Crippen LogP contribution in [-0.2, 0) is 0 Å². The molecule has 1 nitrogen and oxygen atoms in total. The summed E-state index contributed by atoms with van der Waals surface area (Å²) in [7, 11) is 0. The summed E-state index contributed by atoms with van der Waals surface area (Å²) >= 11 is 2.40. The number of rotatable bonds is 1. The van der Waals surface area contributed by atoms with Gasteiger partial charge in [0.05, 0.1) is 0 Å². The standard InChI is InChI=1S/C7H10IN/c1-2-7(8)5-3-4-6-9-7/h3-6,9H,2H2,1H3. The van der Waals surface area contributed by atoms with Gasteiger partial charge >= 0.3 is 0 Å². The minimum absolute atomic E-state index is 0.173. The summed E-state index contributed by atoms with van der Waals surface area (Å²) in [5, 5.41) is 3.26. The van der Waals surface area contributed by atoms with Gasteiger partial charge in [-0.25, -0.2) is 0 Å². The molecule has 50 valence electrons. The summed E-state index contributed by atoms with van der Waals surface area (Å²) in [6.45, 7) is 2.17. The average molecular weight is 235 g/mol. The van der Waals surface area contributed by atoms with Gasteiger partial charge in [0.2, 0.25) is 0 Å². The van der Waals surface area contributed by atoms with Crippen LogP contribution in [0.2, 0.25) is 0 Å². The zero-order valence-electron chi connectivity index (χ0n) is 5.39. The fourth-order valence-electron chi connectivity index (χ4n) is 0.718. The topological polar surface area (TPSA) is 12.0 Å². The van der Waals surface area contributed by atoms with Gasteiger partial charge in [-0.3, -0.25) is 0 Å². The van der Waals surface area contributed by atoms with Gasteiger partial charge < -0.3 is 5.32 Å². The van der Waals surface area contributed by atoms with Crippen molar-refractivity contribution in [3.8, 4) is 0 Å². The van der Waals surface area contributed by atoms with E-state index in [1.165, 1.54) is 0 Å². The molecule has 1 N–H and O–H groups in total. The van der Waals surface area contributed by atoms with Crippen molar-refractivity contribution in [1.29, 1.82) is 0 Å². The Morgan fingerprint density at radius 2 is 2.33 bits per heavy atom. The summed E-state index contributed by atoms with van der Waals surface area (Å²) in [4.78, 5) is 0. The molecule has 0 aromatic rings. The van der Waals surface area contributed by atoms with Gasteiger partial charge in [0.15, 0.2) is 0 Å². The molecule has 1 aliphatic heterocycles. The molecule has 0 aromatic heterocycles. The lowest BCUT2D eigenvalue weighted by molar-refractivity contribution is 0.644. The van der Waals surface area contributed by atoms with Crippen LogP contribution in [0.15, 0.2) is 24.4 Å². The maximum absolute atomic E-state index is 3.26. The molecule has 0 bridgehead atoms. The molecule has 2 heteroatoms. The number of dihydropyridines is 1. The zero-order chi connectivity index (χ0) is 6.74. The monoisotopic (exact) mass is 235 g/mol. The van der Waals surface area contributed by atoms with Crippen LogP contribution in [0.25, 0.3) is 0 Å². The summed E-state index contributed by atoms with van der Waals surface area (Å²) < 4.78 is 0.173. The van der Waals surface area contributed by atoms with Crippen molar-refractivity contribution < 1.29 is 0 Å². The summed E-state index contributed by atoms with van der Waals surface area (Å²) in [5.41, 5.74) is 0. The van der Waals surface area contributed by atoms with Crippen LogP contribution in [0, 0.1) is 0 Å². The van der Waals surface area contributed by atoms with Gasteiger partial charge in [0, 0.05) is 0 Å². The minimum Gasteiger partial charge on any atom is -0.374 e. The van der Waals surface area contributed by atoms with E-state index >= 15 is 0 Å². The van der Waals surface area contributed by atoms with E-state index in [-0.39, 0.29) is 3.55 Å². The lowest BCUT2D eigenvalue weighted by atomic mass is 10.2. The van der Waals surface area contributed by atoms with Gasteiger partial charge in [-0.05, 0) is 24.8 Å². The molecular formula is C7H10IN. The van der Waals surface area contributed by atoms with E-state index < -0.39 is 0 Å². The van der Waals surface area contributed by atoms with Crippen molar-refractivity contribution in [2.24, 2.45) is 0 Å². The number of allylic oxidation sites excluding steroid dienone is 2. The second-order valence-corrected chi connectivity index (χ2v) is 4.00. The first-order valence-electron chi connectivity index (χ1n) is 3.08. The Morgan fingerprint density at radius 3 is 2.67 bits per heavy atom. The summed E-state index contributed by atoms with van der Waals surface area (Å²) in [6.07, 6.45) is 9.36. The number of alkyl halides is 1. The highest BCUT2D eigenvalue weighted by molar-refractivity contribution is 14.1. The number of nitrogens with one attached hydrogen (secondary N) is 1. The van der Waals surface area contributed by atoms with Crippen LogP contribution in [-0.4, -0.2) is 3.55 Å². The molecular weight excluding hydrogens is 225 g/mol. The first kappa shape index (κ1) is 7.12. The van der Waals surface area contributed by atoms with Crippen molar-refractivity contribution in [2.75, 3.05) is 0 Å². The summed E-state index contributed by atoms with van der Waals surface area (Å²) in [6, 6.07) is 0. The van der Waals surface area contributed by atoms with Crippen LogP contribution in [0.5, 0.6) is 0 Å². The molecule has 9 heavy (non-hydrogen) atoms. The van der Waals surface area contributed by atoms with Crippen molar-refractivity contribution in [3.63, 3.8) is 0 Å². The fraction of sp³-hybridized carbons (Fsp3) is 0.429. The molecule has 1 atom stereocenters. The molecule has 0 spiro atoms. The first-order valence-corrected chi connectivity index (χ1v) is 4.16. The maximum Gasteiger partial charge on any atom is 0.107 e. The van der Waals surface area contributed by atoms with Crippen molar-refractivity contribution in [3.05, 3.63) is 24.4 Å². The molecule has 0 aliphatic carbocycles. The lowest BCUT2D eigenvalue weighted by Crippen LogP contribution is -2.33. The number of hydrogen-bond donors (Lipinski definition) is 1. The molecule has 0 saturated carbocycles. The Balaban J connectivity index is 2.63. The van der Waals surface area contributed by atoms with Gasteiger partial charge in [0.25, 0.3) is 0 Å². The Morgan fingerprint density at radius 1 is 1.56 bits per heavy atom. The quantitative estimate of drug-likeness (QED) is 0.417. The molecule has 1 aliphatic rings. The van der Waals surface area contributed by atoms with E-state index in [0.717, 1.165) is 6.42 Å². The third-order valence-electron chi connectivity index (χ3n) is 1.41. The van der Waals surface area contributed by atoms with Crippen LogP contribution in [0.3, 0.4) is 0 Å². The van der Waals surface area contributed by atoms with E-state index in [4.69, 9.17) is 0 Å². The average Bonchev–Trinajstić information content (AvgIpc) is 1.90. The van der Waals surface area contributed by atoms with Crippen LogP contribution in [0.1, 0.15) is 13.3 Å². The zero-order valence-corrected chi connectivity index (χ0v) is 7.55. The van der Waals surface area contributed by atoms with Crippen LogP contribution in [0.4, 0.5) is 0 Å². The fourth-order valence-corrected chi connectivity index (χ4v) is 1.11. The normalized spacial score (nSPS) is 32.2. The minimum atomic E-state index is 0.173. The van der Waals surface area contributed by atoms with Gasteiger partial charge in [0.1, 0.15) is 3.55 Å². The predicted octanol–water partition coefficient (Wildman–Crippen LogP) is 2.20. The molecule has 0 fully saturated rings. The van der Waals surface area contributed by atoms with Crippen molar-refractivity contribution >= 4 is 22.6 Å². The highest BCUT2D eigenvalue weighted by Gasteiger charge is 2.18. The highest BCUT2D eigenvalue weighted by Crippen LogP contribution is 2.22. The van der Waals surface area contributed by atoms with E-state index in [1.54, 1.807) is 0 Å². The van der Waals surface area contributed by atoms with Gasteiger partial charge in [-0.2, -0.15) is 0 Å². The van der Waals surface area contributed by atoms with Crippen molar-refractivity contribution in [1.82, 2.24) is 5.32 Å². The second-order valence-electron chi connectivity index (χ2n) is 2.08. The largest absolute Gasteiger partial charge is 0.374 e. The van der Waals surface area contributed by atoms with Crippen molar-refractivity contribution in [2.45, 2.75) is 16.9 Å². The van der Waals surface area contributed by atoms with Gasteiger partial charge in [-0.1, -0.05) is 35.6 Å². The third kappa shape index (κ3) is 1.71. The molecule has 1 unspecified atom stereocenters. The van der Waals surface area contributed by atoms with E-state index in [9.17, 15) is 0 Å². The van der Waals surface area contributed by atoms with Crippen LogP contribution >= 0.6 is 22.6 Å². The Labute approximate surface area is 69.4 Å². The molecule has 0 saturated heterocycles. The molecule has 1 heterocycles. The Bertz CT molecular complexity index is 151. The molecule has 0 radical (unpaired) electrons. The Kier molecular flexibility index (Phi) is 2.16. The third-order valence-corrected chi connectivity index (χ3v) is 2.84.